The first-order valence-corrected chi connectivity index (χ1v) is 9.14. The molecule has 140 valence electrons. The third kappa shape index (κ3) is 20.7. The van der Waals surface area contributed by atoms with Crippen molar-refractivity contribution in [3.05, 3.63) is 0 Å². The smallest absolute Gasteiger partial charge is 0.550 e. The summed E-state index contributed by atoms with van der Waals surface area (Å²) in [5, 5.41) is 21.0. The van der Waals surface area contributed by atoms with Gasteiger partial charge in [-0.15, -0.1) is 0 Å². The summed E-state index contributed by atoms with van der Waals surface area (Å²) in [6.45, 7) is 2.18. The van der Waals surface area contributed by atoms with Crippen molar-refractivity contribution in [3.63, 3.8) is 0 Å². The van der Waals surface area contributed by atoms with Crippen molar-refractivity contribution >= 4 is 17.8 Å². The molecule has 1 amide bonds. The van der Waals surface area contributed by atoms with E-state index in [9.17, 15) is 24.6 Å². The summed E-state index contributed by atoms with van der Waals surface area (Å²) in [7, 11) is 0. The summed E-state index contributed by atoms with van der Waals surface area (Å²) in [6, 6.07) is 0. The molecule has 0 heterocycles. The van der Waals surface area contributed by atoms with Gasteiger partial charge in [-0.1, -0.05) is 58.3 Å². The molecule has 0 fully saturated rings. The van der Waals surface area contributed by atoms with Gasteiger partial charge in [0.2, 0.25) is 5.91 Å². The van der Waals surface area contributed by atoms with Crippen molar-refractivity contribution in [2.45, 2.75) is 84.0 Å². The average molecular weight is 387 g/mol. The molecule has 0 aromatic carbocycles. The SMILES string of the molecule is CCCCCCCCCCCC(=O)N(CCC(=O)[O-])CCC(=O)[O-].[Na+].[Na+]. The number of carbonyl (C=O) groups excluding carboxylic acids is 3. The Bertz CT molecular complexity index is 363. The van der Waals surface area contributed by atoms with Crippen LogP contribution in [-0.2, 0) is 14.4 Å². The minimum Gasteiger partial charge on any atom is -0.550 e. The summed E-state index contributed by atoms with van der Waals surface area (Å²) >= 11 is 0. The number of aliphatic carboxylic acids is 2. The van der Waals surface area contributed by atoms with Gasteiger partial charge in [0, 0.05) is 44.3 Å². The maximum Gasteiger partial charge on any atom is 1.00 e. The van der Waals surface area contributed by atoms with E-state index in [1.54, 1.807) is 0 Å². The van der Waals surface area contributed by atoms with E-state index in [-0.39, 0.29) is 91.0 Å². The molecular formula is C18H31NNa2O5. The Kier molecular flexibility index (Phi) is 26.0. The van der Waals surface area contributed by atoms with E-state index >= 15 is 0 Å². The number of amides is 1. The van der Waals surface area contributed by atoms with Crippen LogP contribution < -0.4 is 69.3 Å². The zero-order chi connectivity index (χ0) is 18.2. The minimum atomic E-state index is -1.25. The van der Waals surface area contributed by atoms with Crippen molar-refractivity contribution in [2.24, 2.45) is 0 Å². The molecule has 0 N–H and O–H groups in total. The van der Waals surface area contributed by atoms with Gasteiger partial charge in [-0.05, 0) is 6.42 Å². The van der Waals surface area contributed by atoms with E-state index in [1.807, 2.05) is 0 Å². The van der Waals surface area contributed by atoms with E-state index in [1.165, 1.54) is 43.4 Å². The first-order chi connectivity index (χ1) is 11.5. The van der Waals surface area contributed by atoms with Gasteiger partial charge in [-0.2, -0.15) is 0 Å². The Morgan fingerprint density at radius 3 is 1.42 bits per heavy atom. The van der Waals surface area contributed by atoms with Crippen LogP contribution >= 0.6 is 0 Å². The van der Waals surface area contributed by atoms with E-state index < -0.39 is 11.9 Å². The molecule has 0 rings (SSSR count). The summed E-state index contributed by atoms with van der Waals surface area (Å²) < 4.78 is 0. The van der Waals surface area contributed by atoms with Crippen molar-refractivity contribution in [2.75, 3.05) is 13.1 Å². The fourth-order valence-corrected chi connectivity index (χ4v) is 2.56. The van der Waals surface area contributed by atoms with Crippen LogP contribution in [0, 0.1) is 0 Å². The van der Waals surface area contributed by atoms with Crippen LogP contribution in [0.25, 0.3) is 0 Å². The molecule has 0 saturated heterocycles. The molecule has 0 unspecified atom stereocenters. The Hall–Kier alpha value is 0.410. The third-order valence-electron chi connectivity index (χ3n) is 4.02. The Morgan fingerprint density at radius 2 is 1.04 bits per heavy atom. The number of rotatable bonds is 16. The molecule has 0 aromatic rings. The standard InChI is InChI=1S/C18H33NO5.2Na/c1-2-3-4-5-6-7-8-9-10-11-16(20)19(14-12-17(21)22)15-13-18(23)24;;/h2-15H2,1H3,(H,21,22)(H,23,24);;/q;2*+1/p-2. The molecule has 0 radical (unpaired) electrons. The molecule has 0 bridgehead atoms. The largest absolute Gasteiger partial charge is 1.00 e. The Balaban J connectivity index is -0.00000264. The molecular weight excluding hydrogens is 356 g/mol. The van der Waals surface area contributed by atoms with Gasteiger partial charge >= 0.3 is 59.1 Å². The number of unbranched alkanes of at least 4 members (excludes halogenated alkanes) is 8. The molecule has 0 aliphatic heterocycles. The third-order valence-corrected chi connectivity index (χ3v) is 4.02. The zero-order valence-corrected chi connectivity index (χ0v) is 20.9. The van der Waals surface area contributed by atoms with E-state index in [0.29, 0.717) is 6.42 Å². The number of nitrogens with zero attached hydrogens (tertiary/aromatic N) is 1. The van der Waals surface area contributed by atoms with Crippen molar-refractivity contribution in [1.29, 1.82) is 0 Å². The summed E-state index contributed by atoms with van der Waals surface area (Å²) in [4.78, 5) is 34.4. The number of carbonyl (C=O) groups is 3. The predicted octanol–water partition coefficient (Wildman–Crippen LogP) is -4.98. The first kappa shape index (κ1) is 31.1. The second-order valence-corrected chi connectivity index (χ2v) is 6.20. The second-order valence-electron chi connectivity index (χ2n) is 6.20. The Labute approximate surface area is 202 Å². The van der Waals surface area contributed by atoms with Gasteiger partial charge < -0.3 is 24.7 Å². The van der Waals surface area contributed by atoms with Gasteiger partial charge in [-0.25, -0.2) is 0 Å². The second kappa shape index (κ2) is 21.7. The fraction of sp³-hybridized carbons (Fsp3) is 0.833. The minimum absolute atomic E-state index is 0. The van der Waals surface area contributed by atoms with Crippen LogP contribution in [0.15, 0.2) is 0 Å². The number of carboxylic acids is 2. The first-order valence-electron chi connectivity index (χ1n) is 9.14. The van der Waals surface area contributed by atoms with Gasteiger partial charge in [0.1, 0.15) is 0 Å². The quantitative estimate of drug-likeness (QED) is 0.195. The average Bonchev–Trinajstić information content (AvgIpc) is 2.52. The van der Waals surface area contributed by atoms with Gasteiger partial charge in [-0.3, -0.25) is 4.79 Å². The molecule has 0 aliphatic rings. The van der Waals surface area contributed by atoms with Crippen molar-refractivity contribution in [3.8, 4) is 0 Å². The molecule has 0 aromatic heterocycles. The number of carboxylic acid groups (broad SMARTS) is 2. The van der Waals surface area contributed by atoms with E-state index in [4.69, 9.17) is 0 Å². The van der Waals surface area contributed by atoms with E-state index in [0.717, 1.165) is 19.3 Å². The molecule has 0 saturated carbocycles. The van der Waals surface area contributed by atoms with Gasteiger partial charge in [0.25, 0.3) is 0 Å². The van der Waals surface area contributed by atoms with Crippen molar-refractivity contribution < 1.29 is 83.7 Å². The molecule has 8 heteroatoms. The molecule has 0 atom stereocenters. The maximum atomic E-state index is 12.1. The monoisotopic (exact) mass is 387 g/mol. The number of hydrogen-bond donors (Lipinski definition) is 0. The summed E-state index contributed by atoms with van der Waals surface area (Å²) in [5.74, 6) is -2.69. The number of hydrogen-bond acceptors (Lipinski definition) is 5. The Morgan fingerprint density at radius 1 is 0.654 bits per heavy atom. The summed E-state index contributed by atoms with van der Waals surface area (Å²) in [6.07, 6.45) is 10.1. The normalized spacial score (nSPS) is 9.73. The van der Waals surface area contributed by atoms with Crippen LogP contribution in [0.1, 0.15) is 84.0 Å². The fourth-order valence-electron chi connectivity index (χ4n) is 2.56. The van der Waals surface area contributed by atoms with Crippen LogP contribution in [0.5, 0.6) is 0 Å². The maximum absolute atomic E-state index is 12.1. The molecule has 6 nitrogen and oxygen atoms in total. The van der Waals surface area contributed by atoms with Gasteiger partial charge in [0.05, 0.1) is 0 Å². The van der Waals surface area contributed by atoms with Crippen LogP contribution in [0.2, 0.25) is 0 Å². The summed E-state index contributed by atoms with van der Waals surface area (Å²) in [5.41, 5.74) is 0. The molecule has 26 heavy (non-hydrogen) atoms. The molecule has 0 aliphatic carbocycles. The molecule has 0 spiro atoms. The zero-order valence-electron chi connectivity index (χ0n) is 16.9. The van der Waals surface area contributed by atoms with E-state index in [2.05, 4.69) is 6.92 Å². The van der Waals surface area contributed by atoms with Gasteiger partial charge in [0.15, 0.2) is 0 Å². The predicted molar refractivity (Wildman–Crippen MR) is 87.7 cm³/mol. The van der Waals surface area contributed by atoms with Crippen LogP contribution in [0.4, 0.5) is 0 Å². The van der Waals surface area contributed by atoms with Crippen LogP contribution in [-0.4, -0.2) is 35.8 Å². The van der Waals surface area contributed by atoms with Crippen molar-refractivity contribution in [1.82, 2.24) is 4.90 Å². The topological polar surface area (TPSA) is 101 Å². The van der Waals surface area contributed by atoms with Crippen LogP contribution in [0.3, 0.4) is 0 Å².